The second-order valence-electron chi connectivity index (χ2n) is 7.63. The van der Waals surface area contributed by atoms with Gasteiger partial charge in [0.05, 0.1) is 18.2 Å². The molecule has 0 spiro atoms. The van der Waals surface area contributed by atoms with Gasteiger partial charge in [-0.05, 0) is 49.5 Å². The summed E-state index contributed by atoms with van der Waals surface area (Å²) in [4.78, 5) is 25.9. The standard InChI is InChI=1S/C23H25FN6O2/c1-29-9-11-30(12-10-29)17-6-4-16(5-7-17)27-23-26-14-19(22(25)28-23)21(31)18-13-15(24)3-8-20(18)32-2/h3-8,13-14H,9-12H2,1-2H3,(H3,25,26,27,28). The maximum Gasteiger partial charge on any atom is 0.229 e. The van der Waals surface area contributed by atoms with E-state index in [4.69, 9.17) is 10.5 Å². The summed E-state index contributed by atoms with van der Waals surface area (Å²) in [6.45, 7) is 4.07. The number of anilines is 4. The summed E-state index contributed by atoms with van der Waals surface area (Å²) in [7, 11) is 3.54. The second kappa shape index (κ2) is 9.19. The van der Waals surface area contributed by atoms with E-state index in [2.05, 4.69) is 32.1 Å². The molecule has 0 radical (unpaired) electrons. The van der Waals surface area contributed by atoms with Crippen LogP contribution in [0, 0.1) is 5.82 Å². The van der Waals surface area contributed by atoms with Gasteiger partial charge in [0.15, 0.2) is 0 Å². The summed E-state index contributed by atoms with van der Waals surface area (Å²) in [5.41, 5.74) is 8.11. The first-order valence-corrected chi connectivity index (χ1v) is 10.3. The van der Waals surface area contributed by atoms with Crippen LogP contribution in [0.1, 0.15) is 15.9 Å². The van der Waals surface area contributed by atoms with Crippen LogP contribution in [0.25, 0.3) is 0 Å². The number of hydrogen-bond acceptors (Lipinski definition) is 8. The first-order chi connectivity index (χ1) is 15.4. The van der Waals surface area contributed by atoms with Crippen LogP contribution in [0.3, 0.4) is 0 Å². The molecular formula is C23H25FN6O2. The van der Waals surface area contributed by atoms with E-state index in [0.717, 1.165) is 43.6 Å². The molecule has 1 aromatic heterocycles. The molecule has 0 bridgehead atoms. The van der Waals surface area contributed by atoms with Crippen LogP contribution in [0.2, 0.25) is 0 Å². The number of halogens is 1. The molecule has 1 saturated heterocycles. The van der Waals surface area contributed by atoms with E-state index in [1.165, 1.54) is 25.4 Å². The zero-order chi connectivity index (χ0) is 22.7. The summed E-state index contributed by atoms with van der Waals surface area (Å²) >= 11 is 0. The molecule has 2 heterocycles. The molecule has 2 aromatic carbocycles. The van der Waals surface area contributed by atoms with Gasteiger partial charge in [0.25, 0.3) is 0 Å². The van der Waals surface area contributed by atoms with Crippen LogP contribution in [0.15, 0.2) is 48.7 Å². The number of benzene rings is 2. The predicted molar refractivity (Wildman–Crippen MR) is 122 cm³/mol. The molecule has 0 atom stereocenters. The highest BCUT2D eigenvalue weighted by molar-refractivity contribution is 6.13. The highest BCUT2D eigenvalue weighted by atomic mass is 19.1. The lowest BCUT2D eigenvalue weighted by atomic mass is 10.0. The van der Waals surface area contributed by atoms with Crippen molar-refractivity contribution in [2.45, 2.75) is 0 Å². The normalized spacial score (nSPS) is 14.3. The molecule has 1 aliphatic rings. The Balaban J connectivity index is 1.48. The molecule has 3 N–H and O–H groups in total. The SMILES string of the molecule is COc1ccc(F)cc1C(=O)c1cnc(Nc2ccc(N3CCN(C)CC3)cc2)nc1N. The van der Waals surface area contributed by atoms with Gasteiger partial charge in [-0.2, -0.15) is 4.98 Å². The summed E-state index contributed by atoms with van der Waals surface area (Å²) in [6, 6.07) is 11.7. The summed E-state index contributed by atoms with van der Waals surface area (Å²) in [6.07, 6.45) is 1.33. The molecule has 0 amide bonds. The zero-order valence-electron chi connectivity index (χ0n) is 18.0. The van der Waals surface area contributed by atoms with Gasteiger partial charge in [0.1, 0.15) is 17.4 Å². The molecule has 0 aliphatic carbocycles. The van der Waals surface area contributed by atoms with Gasteiger partial charge in [0, 0.05) is 43.8 Å². The predicted octanol–water partition coefficient (Wildman–Crippen LogP) is 2.93. The fraction of sp³-hybridized carbons (Fsp3) is 0.261. The molecule has 166 valence electrons. The lowest BCUT2D eigenvalue weighted by Crippen LogP contribution is -2.44. The van der Waals surface area contributed by atoms with E-state index < -0.39 is 11.6 Å². The van der Waals surface area contributed by atoms with Crippen molar-refractivity contribution in [2.75, 3.05) is 56.3 Å². The van der Waals surface area contributed by atoms with Crippen LogP contribution >= 0.6 is 0 Å². The van der Waals surface area contributed by atoms with E-state index in [-0.39, 0.29) is 28.6 Å². The van der Waals surface area contributed by atoms with E-state index in [1.807, 2.05) is 24.3 Å². The van der Waals surface area contributed by atoms with Crippen molar-refractivity contribution >= 4 is 28.9 Å². The highest BCUT2D eigenvalue weighted by Crippen LogP contribution is 2.26. The Morgan fingerprint density at radius 2 is 1.81 bits per heavy atom. The number of aromatic nitrogens is 2. The number of hydrogen-bond donors (Lipinski definition) is 2. The zero-order valence-corrected chi connectivity index (χ0v) is 18.0. The maximum absolute atomic E-state index is 13.6. The lowest BCUT2D eigenvalue weighted by Gasteiger charge is -2.34. The first kappa shape index (κ1) is 21.5. The number of rotatable bonds is 6. The molecule has 4 rings (SSSR count). The Bertz CT molecular complexity index is 1110. The van der Waals surface area contributed by atoms with Crippen molar-refractivity contribution in [3.8, 4) is 5.75 Å². The number of carbonyl (C=O) groups excluding carboxylic acids is 1. The van der Waals surface area contributed by atoms with Gasteiger partial charge in [-0.15, -0.1) is 0 Å². The minimum atomic E-state index is -0.549. The molecule has 32 heavy (non-hydrogen) atoms. The minimum absolute atomic E-state index is 0.00660. The van der Waals surface area contributed by atoms with Gasteiger partial charge >= 0.3 is 0 Å². The van der Waals surface area contributed by atoms with Crippen LogP contribution in [0.5, 0.6) is 5.75 Å². The van der Waals surface area contributed by atoms with Crippen LogP contribution in [-0.4, -0.2) is 61.0 Å². The van der Waals surface area contributed by atoms with E-state index >= 15 is 0 Å². The van der Waals surface area contributed by atoms with Gasteiger partial charge in [-0.1, -0.05) is 0 Å². The number of nitrogen functional groups attached to an aromatic ring is 1. The quantitative estimate of drug-likeness (QED) is 0.570. The highest BCUT2D eigenvalue weighted by Gasteiger charge is 2.20. The number of piperazine rings is 1. The molecular weight excluding hydrogens is 411 g/mol. The van der Waals surface area contributed by atoms with Gasteiger partial charge in [-0.25, -0.2) is 9.37 Å². The third-order valence-corrected chi connectivity index (χ3v) is 5.46. The Morgan fingerprint density at radius 3 is 2.47 bits per heavy atom. The molecule has 0 saturated carbocycles. The van der Waals surface area contributed by atoms with Crippen LogP contribution in [0.4, 0.5) is 27.5 Å². The number of ether oxygens (including phenoxy) is 1. The molecule has 3 aromatic rings. The Hall–Kier alpha value is -3.72. The fourth-order valence-corrected chi connectivity index (χ4v) is 3.58. The molecule has 0 unspecified atom stereocenters. The fourth-order valence-electron chi connectivity index (χ4n) is 3.58. The van der Waals surface area contributed by atoms with Gasteiger partial charge in [0.2, 0.25) is 11.7 Å². The van der Waals surface area contributed by atoms with Gasteiger partial charge in [-0.3, -0.25) is 4.79 Å². The average Bonchev–Trinajstić information content (AvgIpc) is 2.80. The third kappa shape index (κ3) is 4.62. The van der Waals surface area contributed by atoms with Crippen molar-refractivity contribution in [3.63, 3.8) is 0 Å². The average molecular weight is 436 g/mol. The smallest absolute Gasteiger partial charge is 0.229 e. The Morgan fingerprint density at radius 1 is 1.09 bits per heavy atom. The van der Waals surface area contributed by atoms with Crippen molar-refractivity contribution in [1.29, 1.82) is 0 Å². The molecule has 1 aliphatic heterocycles. The second-order valence-corrected chi connectivity index (χ2v) is 7.63. The van der Waals surface area contributed by atoms with Crippen molar-refractivity contribution in [2.24, 2.45) is 0 Å². The van der Waals surface area contributed by atoms with Crippen LogP contribution < -0.4 is 20.7 Å². The minimum Gasteiger partial charge on any atom is -0.496 e. The number of nitrogens with zero attached hydrogens (tertiary/aromatic N) is 4. The molecule has 9 heteroatoms. The molecule has 8 nitrogen and oxygen atoms in total. The summed E-state index contributed by atoms with van der Waals surface area (Å²) in [5, 5.41) is 3.09. The Labute approximate surface area is 185 Å². The van der Waals surface area contributed by atoms with E-state index in [1.54, 1.807) is 0 Å². The number of nitrogens with two attached hydrogens (primary N) is 1. The van der Waals surface area contributed by atoms with Crippen molar-refractivity contribution < 1.29 is 13.9 Å². The van der Waals surface area contributed by atoms with Crippen molar-refractivity contribution in [1.82, 2.24) is 14.9 Å². The number of carbonyl (C=O) groups is 1. The monoisotopic (exact) mass is 436 g/mol. The number of likely N-dealkylation sites (N-methyl/N-ethyl adjacent to an activating group) is 1. The van der Waals surface area contributed by atoms with E-state index in [9.17, 15) is 9.18 Å². The summed E-state index contributed by atoms with van der Waals surface area (Å²) < 4.78 is 18.8. The van der Waals surface area contributed by atoms with Gasteiger partial charge < -0.3 is 25.6 Å². The first-order valence-electron chi connectivity index (χ1n) is 10.3. The Kier molecular flexibility index (Phi) is 6.18. The lowest BCUT2D eigenvalue weighted by molar-refractivity contribution is 0.103. The topological polar surface area (TPSA) is 96.6 Å². The third-order valence-electron chi connectivity index (χ3n) is 5.46. The van der Waals surface area contributed by atoms with E-state index in [0.29, 0.717) is 0 Å². The number of ketones is 1. The molecule has 1 fully saturated rings. The maximum atomic E-state index is 13.6. The van der Waals surface area contributed by atoms with Crippen LogP contribution in [-0.2, 0) is 0 Å². The van der Waals surface area contributed by atoms with Crippen molar-refractivity contribution in [3.05, 3.63) is 65.6 Å². The largest absolute Gasteiger partial charge is 0.496 e. The number of nitrogens with one attached hydrogen (secondary N) is 1. The number of methoxy groups -OCH3 is 1. The summed E-state index contributed by atoms with van der Waals surface area (Å²) in [5.74, 6) is -0.558.